The molecule has 408 valence electrons. The van der Waals surface area contributed by atoms with Gasteiger partial charge >= 0.3 is 5.97 Å². The van der Waals surface area contributed by atoms with Gasteiger partial charge in [-0.05, 0) is 102 Å². The van der Waals surface area contributed by atoms with Gasteiger partial charge in [0, 0.05) is 31.1 Å². The molecule has 0 radical (unpaired) electrons. The van der Waals surface area contributed by atoms with Gasteiger partial charge in [-0.2, -0.15) is 0 Å². The summed E-state index contributed by atoms with van der Waals surface area (Å²) >= 11 is 6.10. The van der Waals surface area contributed by atoms with Crippen molar-refractivity contribution in [3.8, 4) is 0 Å². The minimum atomic E-state index is -1.56. The molecule has 0 aromatic heterocycles. The smallest absolute Gasteiger partial charge is 0.352 e. The second kappa shape index (κ2) is 33.3. The van der Waals surface area contributed by atoms with Crippen LogP contribution < -0.4 is 77.4 Å². The number of aliphatic hydroxyl groups excluding tert-OH is 1. The summed E-state index contributed by atoms with van der Waals surface area (Å²) in [4.78, 5) is 125. The van der Waals surface area contributed by atoms with Crippen LogP contribution in [0, 0.1) is 0 Å². The molecule has 73 heavy (non-hydrogen) atoms. The number of nitrogens with one attached hydrogen (secondary N) is 7. The first-order valence-electron chi connectivity index (χ1n) is 24.0. The number of aliphatic carboxylic acids is 1. The molecule has 1 saturated heterocycles. The maximum Gasteiger partial charge on any atom is 0.352 e. The lowest BCUT2D eigenvalue weighted by atomic mass is 9.97. The minimum Gasteiger partial charge on any atom is -0.477 e. The molecule has 28 heteroatoms. The van der Waals surface area contributed by atoms with Gasteiger partial charge in [0.25, 0.3) is 0 Å². The van der Waals surface area contributed by atoms with E-state index >= 15 is 0 Å². The number of halogens is 1. The number of amides is 8. The maximum atomic E-state index is 14.1. The van der Waals surface area contributed by atoms with E-state index in [-0.39, 0.29) is 77.1 Å². The van der Waals surface area contributed by atoms with Gasteiger partial charge in [0.15, 0.2) is 5.96 Å². The van der Waals surface area contributed by atoms with Gasteiger partial charge in [-0.25, -0.2) is 4.79 Å². The van der Waals surface area contributed by atoms with E-state index < -0.39 is 120 Å². The van der Waals surface area contributed by atoms with E-state index in [0.717, 1.165) is 0 Å². The fraction of sp³-hybridized carbons (Fsp3) is 0.600. The standard InChI is InChI=1S/C45H75ClN16O11/c1-25(56-42(70)36(34(63)23-50)61-38(66)28(51)8-2-4-17-47)37(65)55-24-35(64)57-30(10-6-19-49)43(71)62-21-16-33(62)41(69)60-32(22-26-12-14-27(46)15-13-26)40(68)58-29(9-3-5-18-48)39(67)59-31(44(72)73)11-7-20-54-45(52)53/h11-15,25,28-30,32-34,36,63H,2-10,16-24,47-51H2,1H3,(H,55,65)(H,56,70)(H,57,64)(H,58,68)(H,59,67)(H,60,69)(H,61,66)(H,72,73)(H4,52,53,54)/b31-11-/t25-,28-,29-,30+,32-,33-,34-,36-/m0/s1. The highest BCUT2D eigenvalue weighted by atomic mass is 35.5. The summed E-state index contributed by atoms with van der Waals surface area (Å²) in [5.74, 6) is -8.03. The van der Waals surface area contributed by atoms with Crippen LogP contribution in [0.2, 0.25) is 5.02 Å². The van der Waals surface area contributed by atoms with Crippen LogP contribution in [0.15, 0.2) is 41.0 Å². The van der Waals surface area contributed by atoms with Crippen molar-refractivity contribution in [1.29, 1.82) is 0 Å². The number of hydrogen-bond acceptors (Lipinski definition) is 16. The molecule has 1 aromatic carbocycles. The predicted molar refractivity (Wildman–Crippen MR) is 270 cm³/mol. The molecule has 1 aliphatic heterocycles. The molecular weight excluding hydrogens is 976 g/mol. The molecule has 0 saturated carbocycles. The van der Waals surface area contributed by atoms with Gasteiger partial charge in [0.2, 0.25) is 47.3 Å². The van der Waals surface area contributed by atoms with E-state index in [1.807, 2.05) is 0 Å². The molecule has 27 nitrogen and oxygen atoms in total. The van der Waals surface area contributed by atoms with Crippen LogP contribution in [0.4, 0.5) is 0 Å². The van der Waals surface area contributed by atoms with Crippen molar-refractivity contribution in [2.24, 2.45) is 45.1 Å². The quantitative estimate of drug-likeness (QED) is 0.0132. The zero-order chi connectivity index (χ0) is 54.6. The fourth-order valence-electron chi connectivity index (χ4n) is 7.19. The van der Waals surface area contributed by atoms with Crippen LogP contribution in [-0.4, -0.2) is 169 Å². The van der Waals surface area contributed by atoms with Crippen LogP contribution >= 0.6 is 11.6 Å². The summed E-state index contributed by atoms with van der Waals surface area (Å²) in [6.45, 7) is 1.17. The first kappa shape index (κ1) is 62.6. The van der Waals surface area contributed by atoms with E-state index in [4.69, 9.17) is 51.7 Å². The molecular formula is C45H75ClN16O11. The molecule has 1 aromatic rings. The number of carbonyl (C=O) groups is 9. The van der Waals surface area contributed by atoms with E-state index in [2.05, 4.69) is 42.2 Å². The second-order valence-electron chi connectivity index (χ2n) is 17.3. The Labute approximate surface area is 428 Å². The van der Waals surface area contributed by atoms with Gasteiger partial charge in [0.05, 0.1) is 18.7 Å². The highest BCUT2D eigenvalue weighted by molar-refractivity contribution is 6.30. The Kier molecular flexibility index (Phi) is 28.6. The van der Waals surface area contributed by atoms with Crippen molar-refractivity contribution >= 4 is 70.8 Å². The van der Waals surface area contributed by atoms with Crippen LogP contribution in [0.5, 0.6) is 0 Å². The van der Waals surface area contributed by atoms with Crippen molar-refractivity contribution < 1.29 is 53.4 Å². The van der Waals surface area contributed by atoms with Crippen molar-refractivity contribution in [2.45, 2.75) is 126 Å². The fourth-order valence-corrected chi connectivity index (χ4v) is 7.32. The Hall–Kier alpha value is -6.49. The maximum absolute atomic E-state index is 14.1. The van der Waals surface area contributed by atoms with Gasteiger partial charge in [-0.3, -0.25) is 43.3 Å². The summed E-state index contributed by atoms with van der Waals surface area (Å²) < 4.78 is 0. The zero-order valence-electron chi connectivity index (χ0n) is 41.1. The van der Waals surface area contributed by atoms with Gasteiger partial charge < -0.3 is 92.5 Å². The number of nitrogens with two attached hydrogens (primary N) is 7. The van der Waals surface area contributed by atoms with Gasteiger partial charge in [-0.1, -0.05) is 36.2 Å². The number of benzene rings is 1. The number of rotatable bonds is 34. The summed E-state index contributed by atoms with van der Waals surface area (Å²) in [6.07, 6.45) is 2.44. The molecule has 0 spiro atoms. The van der Waals surface area contributed by atoms with Crippen molar-refractivity contribution in [1.82, 2.24) is 42.1 Å². The number of carboxylic acid groups (broad SMARTS) is 1. The molecule has 0 unspecified atom stereocenters. The summed E-state index contributed by atoms with van der Waals surface area (Å²) in [5.41, 5.74) is 39.1. The van der Waals surface area contributed by atoms with Crippen LogP contribution in [0.1, 0.15) is 76.7 Å². The molecule has 1 fully saturated rings. The zero-order valence-corrected chi connectivity index (χ0v) is 41.9. The lowest BCUT2D eigenvalue weighted by molar-refractivity contribution is -0.150. The number of aliphatic hydroxyl groups is 1. The molecule has 0 bridgehead atoms. The van der Waals surface area contributed by atoms with Crippen molar-refractivity contribution in [2.75, 3.05) is 45.8 Å². The number of carbonyl (C=O) groups excluding carboxylic acids is 8. The van der Waals surface area contributed by atoms with Gasteiger partial charge in [-0.15, -0.1) is 0 Å². The minimum absolute atomic E-state index is 0.0396. The lowest BCUT2D eigenvalue weighted by Gasteiger charge is -2.42. The third-order valence-electron chi connectivity index (χ3n) is 11.4. The Bertz CT molecular complexity index is 2080. The Morgan fingerprint density at radius 1 is 0.767 bits per heavy atom. The van der Waals surface area contributed by atoms with Crippen LogP contribution in [-0.2, 0) is 49.6 Å². The molecule has 0 aliphatic carbocycles. The number of hydrogen-bond donors (Lipinski definition) is 16. The van der Waals surface area contributed by atoms with Crippen LogP contribution in [0.3, 0.4) is 0 Å². The number of unbranched alkanes of at least 4 members (excludes halogenated alkanes) is 2. The van der Waals surface area contributed by atoms with E-state index in [0.29, 0.717) is 42.8 Å². The van der Waals surface area contributed by atoms with E-state index in [1.54, 1.807) is 24.3 Å². The topological polar surface area (TPSA) is 476 Å². The molecule has 8 amide bonds. The number of carboxylic acids is 1. The number of aliphatic imine (C=N–C) groups is 1. The average molecular weight is 1050 g/mol. The predicted octanol–water partition coefficient (Wildman–Crippen LogP) is -5.56. The number of likely N-dealkylation sites (tertiary alicyclic amines) is 1. The third kappa shape index (κ3) is 22.4. The Balaban J connectivity index is 2.21. The summed E-state index contributed by atoms with van der Waals surface area (Å²) in [6, 6.07) is -2.36. The van der Waals surface area contributed by atoms with Gasteiger partial charge in [0.1, 0.15) is 41.9 Å². The molecule has 23 N–H and O–H groups in total. The molecule has 1 aliphatic rings. The molecule has 8 atom stereocenters. The van der Waals surface area contributed by atoms with Crippen molar-refractivity contribution in [3.05, 3.63) is 46.6 Å². The first-order chi connectivity index (χ1) is 34.7. The molecule has 1 heterocycles. The third-order valence-corrected chi connectivity index (χ3v) is 11.7. The first-order valence-corrected chi connectivity index (χ1v) is 24.4. The summed E-state index contributed by atoms with van der Waals surface area (Å²) in [7, 11) is 0. The van der Waals surface area contributed by atoms with E-state index in [9.17, 15) is 53.4 Å². The van der Waals surface area contributed by atoms with Crippen LogP contribution in [0.25, 0.3) is 0 Å². The lowest BCUT2D eigenvalue weighted by Crippen LogP contribution is -2.64. The molecule has 2 rings (SSSR count). The SMILES string of the molecule is C[C@H](NC(=O)[C@@H](NC(=O)[C@@H](N)CCCCN)[C@@H](O)CN)C(=O)NCC(=O)N[C@H](CCCN)C(=O)N1CC[C@H]1C(=O)N[C@@H](Cc1ccc(Cl)cc1)C(=O)N[C@@H](CCCCN)C(=O)N/C(=C\CCN=C(N)N)C(=O)O. The normalized spacial score (nSPS) is 16.1. The average Bonchev–Trinajstić information content (AvgIpc) is 3.33. The highest BCUT2D eigenvalue weighted by Gasteiger charge is 2.42. The summed E-state index contributed by atoms with van der Waals surface area (Å²) in [5, 5.41) is 37.9. The number of nitrogens with zero attached hydrogens (tertiary/aromatic N) is 2. The Morgan fingerprint density at radius 2 is 1.40 bits per heavy atom. The Morgan fingerprint density at radius 3 is 1.97 bits per heavy atom. The largest absolute Gasteiger partial charge is 0.477 e. The van der Waals surface area contributed by atoms with Crippen molar-refractivity contribution in [3.63, 3.8) is 0 Å². The van der Waals surface area contributed by atoms with E-state index in [1.165, 1.54) is 17.9 Å². The monoisotopic (exact) mass is 1050 g/mol. The number of guanidine groups is 1. The second-order valence-corrected chi connectivity index (χ2v) is 17.7. The highest BCUT2D eigenvalue weighted by Crippen LogP contribution is 2.21.